The number of fused-ring (bicyclic) bond motifs is 1. The molecule has 2 aromatic rings. The van der Waals surface area contributed by atoms with Crippen molar-refractivity contribution in [1.82, 2.24) is 5.32 Å². The van der Waals surface area contributed by atoms with Gasteiger partial charge in [0.15, 0.2) is 17.9 Å². The van der Waals surface area contributed by atoms with Crippen molar-refractivity contribution in [3.05, 3.63) is 59.7 Å². The SMILES string of the molecule is CC(=O)N[C@H]1[C@H](O/N=C2/C(=O)N(CCOc3ccc(C)cc3)c3ccccc32)O[C@@H](COC(C)=O)[C@@H](OC(C)=O)[C@H]1OC(C)=O. The summed E-state index contributed by atoms with van der Waals surface area (Å²) in [7, 11) is 0. The number of para-hydroxylation sites is 1. The molecule has 2 aliphatic heterocycles. The van der Waals surface area contributed by atoms with Crippen molar-refractivity contribution in [2.75, 3.05) is 24.7 Å². The van der Waals surface area contributed by atoms with Crippen LogP contribution in [0, 0.1) is 6.92 Å². The first-order valence-corrected chi connectivity index (χ1v) is 14.2. The molecule has 0 aromatic heterocycles. The number of carbonyl (C=O) groups excluding carboxylic acids is 5. The molecule has 1 N–H and O–H groups in total. The van der Waals surface area contributed by atoms with Gasteiger partial charge in [-0.15, -0.1) is 0 Å². The summed E-state index contributed by atoms with van der Waals surface area (Å²) in [6, 6.07) is 13.3. The first-order valence-electron chi connectivity index (χ1n) is 14.2. The second-order valence-electron chi connectivity index (χ2n) is 10.4. The zero-order valence-corrected chi connectivity index (χ0v) is 25.5. The molecule has 14 nitrogen and oxygen atoms in total. The lowest BCUT2D eigenvalue weighted by molar-refractivity contribution is -0.278. The molecule has 5 atom stereocenters. The third kappa shape index (κ3) is 8.35. The third-order valence-corrected chi connectivity index (χ3v) is 6.82. The van der Waals surface area contributed by atoms with Crippen molar-refractivity contribution in [1.29, 1.82) is 0 Å². The van der Waals surface area contributed by atoms with Gasteiger partial charge in [-0.05, 0) is 25.1 Å². The quantitative estimate of drug-likeness (QED) is 0.220. The number of hydrogen-bond acceptors (Lipinski definition) is 12. The van der Waals surface area contributed by atoms with Crippen LogP contribution in [0.1, 0.15) is 38.8 Å². The summed E-state index contributed by atoms with van der Waals surface area (Å²) < 4.78 is 27.8. The number of rotatable bonds is 11. The first kappa shape index (κ1) is 32.9. The number of aryl methyl sites for hydroxylation is 1. The number of carbonyl (C=O) groups is 5. The number of amides is 2. The van der Waals surface area contributed by atoms with Crippen LogP contribution in [0.25, 0.3) is 0 Å². The molecule has 0 radical (unpaired) electrons. The number of nitrogens with one attached hydrogen (secondary N) is 1. The van der Waals surface area contributed by atoms with Crippen molar-refractivity contribution in [3.63, 3.8) is 0 Å². The fourth-order valence-electron chi connectivity index (χ4n) is 4.95. The molecular formula is C31H35N3O11. The van der Waals surface area contributed by atoms with Crippen LogP contribution < -0.4 is 15.0 Å². The maximum atomic E-state index is 13.6. The number of nitrogens with zero attached hydrogens (tertiary/aromatic N) is 2. The summed E-state index contributed by atoms with van der Waals surface area (Å²) in [5.41, 5.74) is 2.11. The van der Waals surface area contributed by atoms with Gasteiger partial charge in [-0.3, -0.25) is 24.0 Å². The maximum absolute atomic E-state index is 13.6. The van der Waals surface area contributed by atoms with Crippen LogP contribution in [0.4, 0.5) is 5.69 Å². The molecule has 0 unspecified atom stereocenters. The van der Waals surface area contributed by atoms with Crippen molar-refractivity contribution in [3.8, 4) is 5.75 Å². The van der Waals surface area contributed by atoms with E-state index in [0.29, 0.717) is 17.0 Å². The molecule has 4 rings (SSSR count). The Labute approximate surface area is 259 Å². The van der Waals surface area contributed by atoms with E-state index in [-0.39, 0.29) is 18.9 Å². The Morgan fingerprint density at radius 3 is 2.22 bits per heavy atom. The van der Waals surface area contributed by atoms with Crippen LogP contribution in [0.15, 0.2) is 53.7 Å². The average molecular weight is 626 g/mol. The van der Waals surface area contributed by atoms with Crippen LogP contribution in [-0.4, -0.2) is 85.8 Å². The van der Waals surface area contributed by atoms with Crippen molar-refractivity contribution >= 4 is 41.1 Å². The highest BCUT2D eigenvalue weighted by atomic mass is 16.8. The van der Waals surface area contributed by atoms with Crippen molar-refractivity contribution in [2.45, 2.75) is 65.3 Å². The van der Waals surface area contributed by atoms with Gasteiger partial charge in [0, 0.05) is 33.3 Å². The van der Waals surface area contributed by atoms with Gasteiger partial charge >= 0.3 is 17.9 Å². The standard InChI is InChI=1S/C31H35N3O11/c1-17-10-12-22(13-11-17)40-15-14-34-24-9-7-6-8-23(24)26(30(34)39)33-45-31-27(32-18(2)35)29(43-21(5)38)28(42-20(4)37)25(44-31)16-41-19(3)36/h6-13,25,27-29,31H,14-16H2,1-5H3,(H,32,35)/b33-26+/t25-,27+,28+,29-,31-/m0/s1. The topological polar surface area (TPSA) is 168 Å². The van der Waals surface area contributed by atoms with E-state index in [1.807, 2.05) is 31.2 Å². The van der Waals surface area contributed by atoms with E-state index in [1.54, 1.807) is 24.3 Å². The number of oxime groups is 1. The molecule has 2 heterocycles. The lowest BCUT2D eigenvalue weighted by atomic mass is 9.96. The molecule has 0 aliphatic carbocycles. The number of esters is 3. The minimum absolute atomic E-state index is 0.0474. The van der Waals surface area contributed by atoms with E-state index in [1.165, 1.54) is 18.7 Å². The van der Waals surface area contributed by atoms with E-state index >= 15 is 0 Å². The molecule has 45 heavy (non-hydrogen) atoms. The van der Waals surface area contributed by atoms with Crippen molar-refractivity contribution in [2.24, 2.45) is 5.16 Å². The Hall–Kier alpha value is -4.98. The number of hydrogen-bond donors (Lipinski definition) is 1. The largest absolute Gasteiger partial charge is 0.492 e. The summed E-state index contributed by atoms with van der Waals surface area (Å²) in [4.78, 5) is 68.7. The maximum Gasteiger partial charge on any atom is 0.303 e. The van der Waals surface area contributed by atoms with Gasteiger partial charge in [0.25, 0.3) is 12.2 Å². The zero-order valence-electron chi connectivity index (χ0n) is 25.5. The minimum Gasteiger partial charge on any atom is -0.492 e. The van der Waals surface area contributed by atoms with Crippen molar-refractivity contribution < 1.29 is 52.5 Å². The second kappa shape index (κ2) is 14.7. The van der Waals surface area contributed by atoms with E-state index in [0.717, 1.165) is 19.4 Å². The Kier molecular flexibility index (Phi) is 10.7. The van der Waals surface area contributed by atoms with Crippen LogP contribution in [-0.2, 0) is 47.8 Å². The normalized spacial score (nSPS) is 23.1. The molecule has 0 spiro atoms. The smallest absolute Gasteiger partial charge is 0.303 e. The molecule has 2 aliphatic rings. The Morgan fingerprint density at radius 2 is 1.58 bits per heavy atom. The first-order chi connectivity index (χ1) is 21.4. The molecule has 14 heteroatoms. The molecule has 2 amide bonds. The number of ether oxygens (including phenoxy) is 5. The van der Waals surface area contributed by atoms with Crippen LogP contribution in [0.2, 0.25) is 0 Å². The van der Waals surface area contributed by atoms with Gasteiger partial charge in [0.2, 0.25) is 5.91 Å². The third-order valence-electron chi connectivity index (χ3n) is 6.82. The van der Waals surface area contributed by atoms with Crippen LogP contribution >= 0.6 is 0 Å². The van der Waals surface area contributed by atoms with Gasteiger partial charge in [-0.2, -0.15) is 0 Å². The highest BCUT2D eigenvalue weighted by Crippen LogP contribution is 2.31. The summed E-state index contributed by atoms with van der Waals surface area (Å²) in [6.45, 7) is 6.63. The monoisotopic (exact) mass is 625 g/mol. The van der Waals surface area contributed by atoms with E-state index in [4.69, 9.17) is 28.5 Å². The predicted octanol–water partition coefficient (Wildman–Crippen LogP) is 1.80. The lowest BCUT2D eigenvalue weighted by Crippen LogP contribution is -2.66. The van der Waals surface area contributed by atoms with Gasteiger partial charge < -0.3 is 38.7 Å². The number of benzene rings is 2. The summed E-state index contributed by atoms with van der Waals surface area (Å²) in [6.07, 6.45) is -5.30. The van der Waals surface area contributed by atoms with Gasteiger partial charge in [0.05, 0.1) is 12.2 Å². The molecule has 2 aromatic carbocycles. The fraction of sp³-hybridized carbons (Fsp3) is 0.419. The average Bonchev–Trinajstić information content (AvgIpc) is 3.24. The second-order valence-corrected chi connectivity index (χ2v) is 10.4. The molecule has 1 saturated heterocycles. The molecule has 0 saturated carbocycles. The molecule has 0 bridgehead atoms. The Balaban J connectivity index is 1.61. The van der Waals surface area contributed by atoms with Crippen LogP contribution in [0.5, 0.6) is 5.75 Å². The lowest BCUT2D eigenvalue weighted by Gasteiger charge is -2.43. The highest BCUT2D eigenvalue weighted by Gasteiger charge is 2.52. The highest BCUT2D eigenvalue weighted by molar-refractivity contribution is 6.54. The Bertz CT molecular complexity index is 1460. The molecule has 1 fully saturated rings. The predicted molar refractivity (Wildman–Crippen MR) is 157 cm³/mol. The summed E-state index contributed by atoms with van der Waals surface area (Å²) >= 11 is 0. The Morgan fingerprint density at radius 1 is 0.911 bits per heavy atom. The van der Waals surface area contributed by atoms with Gasteiger partial charge in [-0.1, -0.05) is 41.1 Å². The van der Waals surface area contributed by atoms with Gasteiger partial charge in [-0.25, -0.2) is 0 Å². The van der Waals surface area contributed by atoms with Crippen LogP contribution in [0.3, 0.4) is 0 Å². The van der Waals surface area contributed by atoms with E-state index in [2.05, 4.69) is 10.5 Å². The number of anilines is 1. The van der Waals surface area contributed by atoms with E-state index in [9.17, 15) is 24.0 Å². The minimum atomic E-state index is -1.48. The zero-order chi connectivity index (χ0) is 32.7. The fourth-order valence-corrected chi connectivity index (χ4v) is 4.95. The summed E-state index contributed by atoms with van der Waals surface area (Å²) in [5, 5.41) is 6.73. The van der Waals surface area contributed by atoms with E-state index < -0.39 is 67.0 Å². The molecular weight excluding hydrogens is 590 g/mol. The molecule has 240 valence electrons. The summed E-state index contributed by atoms with van der Waals surface area (Å²) in [5.74, 6) is -2.51. The van der Waals surface area contributed by atoms with Gasteiger partial charge in [0.1, 0.15) is 31.1 Å².